The van der Waals surface area contributed by atoms with E-state index in [1.165, 1.54) is 0 Å². The highest BCUT2D eigenvalue weighted by Gasteiger charge is 2.20. The Kier molecular flexibility index (Phi) is 5.06. The number of anilines is 1. The first-order chi connectivity index (χ1) is 9.45. The molecule has 1 aromatic carbocycles. The van der Waals surface area contributed by atoms with Crippen molar-refractivity contribution in [3.8, 4) is 0 Å². The van der Waals surface area contributed by atoms with Gasteiger partial charge < -0.3 is 10.4 Å². The van der Waals surface area contributed by atoms with Crippen LogP contribution in [0, 0.1) is 11.6 Å². The largest absolute Gasteiger partial charge is 0.392 e. The number of aliphatic hydroxyl groups excluding tert-OH is 1. The second kappa shape index (κ2) is 6.60. The Morgan fingerprint density at radius 1 is 1.50 bits per heavy atom. The Morgan fingerprint density at radius 2 is 2.25 bits per heavy atom. The zero-order valence-electron chi connectivity index (χ0n) is 10.7. The average molecular weight is 349 g/mol. The van der Waals surface area contributed by atoms with E-state index < -0.39 is 23.6 Å². The van der Waals surface area contributed by atoms with Crippen LogP contribution in [0.1, 0.15) is 12.8 Å². The van der Waals surface area contributed by atoms with E-state index in [-0.39, 0.29) is 16.7 Å². The van der Waals surface area contributed by atoms with E-state index >= 15 is 0 Å². The number of benzene rings is 1. The number of hydrogen-bond acceptors (Lipinski definition) is 3. The predicted molar refractivity (Wildman–Crippen MR) is 74.4 cm³/mol. The number of carbonyl (C=O) groups is 1. The zero-order chi connectivity index (χ0) is 14.7. The van der Waals surface area contributed by atoms with Crippen LogP contribution in [0.2, 0.25) is 0 Å². The summed E-state index contributed by atoms with van der Waals surface area (Å²) in [6, 6.07) is 1.80. The topological polar surface area (TPSA) is 52.6 Å². The number of rotatable bonds is 3. The predicted octanol–water partition coefficient (Wildman–Crippen LogP) is 2.12. The Bertz CT molecular complexity index is 490. The van der Waals surface area contributed by atoms with Crippen molar-refractivity contribution in [2.45, 2.75) is 18.9 Å². The smallest absolute Gasteiger partial charge is 0.238 e. The summed E-state index contributed by atoms with van der Waals surface area (Å²) >= 11 is 3.01. The molecule has 1 aliphatic heterocycles. The highest BCUT2D eigenvalue weighted by atomic mass is 79.9. The first kappa shape index (κ1) is 15.3. The Morgan fingerprint density at radius 3 is 2.90 bits per heavy atom. The molecular weight excluding hydrogens is 334 g/mol. The highest BCUT2D eigenvalue weighted by molar-refractivity contribution is 9.10. The van der Waals surface area contributed by atoms with Crippen molar-refractivity contribution in [2.24, 2.45) is 0 Å². The van der Waals surface area contributed by atoms with Gasteiger partial charge in [-0.3, -0.25) is 9.69 Å². The maximum absolute atomic E-state index is 13.6. The molecule has 1 atom stereocenters. The van der Waals surface area contributed by atoms with E-state index in [1.54, 1.807) is 4.90 Å². The number of aliphatic hydroxyl groups is 1. The third-order valence-electron chi connectivity index (χ3n) is 3.12. The van der Waals surface area contributed by atoms with Crippen LogP contribution in [-0.2, 0) is 4.79 Å². The van der Waals surface area contributed by atoms with Crippen LogP contribution < -0.4 is 5.32 Å². The lowest BCUT2D eigenvalue weighted by atomic mass is 10.1. The molecule has 1 fully saturated rings. The van der Waals surface area contributed by atoms with Gasteiger partial charge in [0, 0.05) is 17.1 Å². The molecule has 1 saturated heterocycles. The van der Waals surface area contributed by atoms with Gasteiger partial charge in [-0.25, -0.2) is 8.78 Å². The second-order valence-electron chi connectivity index (χ2n) is 4.82. The summed E-state index contributed by atoms with van der Waals surface area (Å²) in [6.07, 6.45) is 1.13. The molecule has 1 unspecified atom stereocenters. The summed E-state index contributed by atoms with van der Waals surface area (Å²) in [7, 11) is 0. The molecule has 2 N–H and O–H groups in total. The molecule has 4 nitrogen and oxygen atoms in total. The van der Waals surface area contributed by atoms with Crippen LogP contribution in [0.15, 0.2) is 16.6 Å². The number of nitrogens with zero attached hydrogens (tertiary/aromatic N) is 1. The number of amides is 1. The first-order valence-corrected chi connectivity index (χ1v) is 7.10. The third kappa shape index (κ3) is 3.97. The molecule has 0 spiro atoms. The zero-order valence-corrected chi connectivity index (χ0v) is 12.3. The molecule has 7 heteroatoms. The molecule has 1 aliphatic rings. The monoisotopic (exact) mass is 348 g/mol. The Balaban J connectivity index is 1.98. The van der Waals surface area contributed by atoms with Crippen molar-refractivity contribution >= 4 is 27.5 Å². The molecule has 0 radical (unpaired) electrons. The first-order valence-electron chi connectivity index (χ1n) is 6.30. The molecule has 0 bridgehead atoms. The standard InChI is InChI=1S/C13H15BrF2N2O2/c14-10-4-8(15)5-11(16)13(10)17-12(20)7-18-3-1-2-9(19)6-18/h4-5,9,19H,1-3,6-7H2,(H,17,20). The summed E-state index contributed by atoms with van der Waals surface area (Å²) in [5, 5.41) is 11.9. The fraction of sp³-hybridized carbons (Fsp3) is 0.462. The minimum Gasteiger partial charge on any atom is -0.392 e. The van der Waals surface area contributed by atoms with Crippen molar-refractivity contribution in [1.29, 1.82) is 0 Å². The summed E-state index contributed by atoms with van der Waals surface area (Å²) in [5.41, 5.74) is -0.0750. The Labute approximate surface area is 123 Å². The van der Waals surface area contributed by atoms with Crippen molar-refractivity contribution < 1.29 is 18.7 Å². The molecule has 1 aromatic rings. The van der Waals surface area contributed by atoms with Gasteiger partial charge in [0.25, 0.3) is 0 Å². The van der Waals surface area contributed by atoms with Gasteiger partial charge in [0.2, 0.25) is 5.91 Å². The van der Waals surface area contributed by atoms with Crippen LogP contribution in [0.25, 0.3) is 0 Å². The summed E-state index contributed by atoms with van der Waals surface area (Å²) in [6.45, 7) is 1.22. The van der Waals surface area contributed by atoms with Crippen LogP contribution in [0.5, 0.6) is 0 Å². The summed E-state index contributed by atoms with van der Waals surface area (Å²) in [4.78, 5) is 13.7. The molecular formula is C13H15BrF2N2O2. The molecule has 20 heavy (non-hydrogen) atoms. The van der Waals surface area contributed by atoms with Gasteiger partial charge in [-0.05, 0) is 41.4 Å². The molecule has 110 valence electrons. The maximum Gasteiger partial charge on any atom is 0.238 e. The van der Waals surface area contributed by atoms with Gasteiger partial charge in [0.15, 0.2) is 5.82 Å². The lowest BCUT2D eigenvalue weighted by Gasteiger charge is -2.29. The minimum atomic E-state index is -0.830. The number of hydrogen-bond donors (Lipinski definition) is 2. The molecule has 0 saturated carbocycles. The third-order valence-corrected chi connectivity index (χ3v) is 3.74. The normalized spacial score (nSPS) is 19.9. The van der Waals surface area contributed by atoms with Gasteiger partial charge in [-0.15, -0.1) is 0 Å². The number of halogens is 3. The number of carbonyl (C=O) groups excluding carboxylic acids is 1. The van der Waals surface area contributed by atoms with Crippen molar-refractivity contribution in [3.63, 3.8) is 0 Å². The summed E-state index contributed by atoms with van der Waals surface area (Å²) in [5.74, 6) is -1.94. The second-order valence-corrected chi connectivity index (χ2v) is 5.68. The SMILES string of the molecule is O=C(CN1CCCC(O)C1)Nc1c(F)cc(F)cc1Br. The van der Waals surface area contributed by atoms with Gasteiger partial charge >= 0.3 is 0 Å². The van der Waals surface area contributed by atoms with Crippen LogP contribution in [0.3, 0.4) is 0 Å². The van der Waals surface area contributed by atoms with E-state index in [4.69, 9.17) is 0 Å². The number of nitrogens with one attached hydrogen (secondary N) is 1. The van der Waals surface area contributed by atoms with Gasteiger partial charge in [0.05, 0.1) is 18.3 Å². The van der Waals surface area contributed by atoms with E-state index in [1.807, 2.05) is 0 Å². The van der Waals surface area contributed by atoms with E-state index in [2.05, 4.69) is 21.2 Å². The summed E-state index contributed by atoms with van der Waals surface area (Å²) < 4.78 is 26.7. The number of likely N-dealkylation sites (tertiary alicyclic amines) is 1. The maximum atomic E-state index is 13.6. The number of piperidine rings is 1. The van der Waals surface area contributed by atoms with Crippen molar-refractivity contribution in [1.82, 2.24) is 4.90 Å². The van der Waals surface area contributed by atoms with Crippen molar-refractivity contribution in [3.05, 3.63) is 28.2 Å². The van der Waals surface area contributed by atoms with Crippen molar-refractivity contribution in [2.75, 3.05) is 25.0 Å². The van der Waals surface area contributed by atoms with E-state index in [9.17, 15) is 18.7 Å². The number of β-amino-alcohol motifs (C(OH)–C–C–N with tert-alkyl or cyclic N) is 1. The van der Waals surface area contributed by atoms with Crippen LogP contribution >= 0.6 is 15.9 Å². The van der Waals surface area contributed by atoms with Gasteiger partial charge in [-0.1, -0.05) is 0 Å². The molecule has 1 amide bonds. The van der Waals surface area contributed by atoms with Gasteiger partial charge in [0.1, 0.15) is 5.82 Å². The average Bonchev–Trinajstić information content (AvgIpc) is 2.33. The lowest BCUT2D eigenvalue weighted by Crippen LogP contribution is -2.42. The molecule has 1 heterocycles. The quantitative estimate of drug-likeness (QED) is 0.879. The Hall–Kier alpha value is -1.05. The van der Waals surface area contributed by atoms with E-state index in [0.717, 1.165) is 25.5 Å². The van der Waals surface area contributed by atoms with Crippen LogP contribution in [0.4, 0.5) is 14.5 Å². The minimum absolute atomic E-state index is 0.0698. The molecule has 0 aromatic heterocycles. The lowest BCUT2D eigenvalue weighted by molar-refractivity contribution is -0.118. The molecule has 0 aliphatic carbocycles. The highest BCUT2D eigenvalue weighted by Crippen LogP contribution is 2.26. The molecule has 2 rings (SSSR count). The fourth-order valence-electron chi connectivity index (χ4n) is 2.22. The van der Waals surface area contributed by atoms with E-state index in [0.29, 0.717) is 12.6 Å². The fourth-order valence-corrected chi connectivity index (χ4v) is 2.73. The van der Waals surface area contributed by atoms with Crippen LogP contribution in [-0.4, -0.2) is 41.7 Å². The van der Waals surface area contributed by atoms with Gasteiger partial charge in [-0.2, -0.15) is 0 Å².